The first-order valence-corrected chi connectivity index (χ1v) is 6.33. The molecular formula is C16H12F3NO2. The van der Waals surface area contributed by atoms with Crippen LogP contribution < -0.4 is 10.1 Å². The van der Waals surface area contributed by atoms with Gasteiger partial charge in [-0.2, -0.15) is 8.78 Å². The summed E-state index contributed by atoms with van der Waals surface area (Å²) in [4.78, 5) is 11.7. The molecule has 1 N–H and O–H groups in total. The number of carbonyl (C=O) groups excluding carboxylic acids is 1. The average molecular weight is 307 g/mol. The van der Waals surface area contributed by atoms with Crippen LogP contribution in [0.15, 0.2) is 54.6 Å². The smallest absolute Gasteiger partial charge is 0.387 e. The Hall–Kier alpha value is -2.76. The SMILES string of the molecule is O=C(/C=C/c1ccccc1OC(F)F)Nc1ccccc1F. The third-order valence-corrected chi connectivity index (χ3v) is 2.68. The van der Waals surface area contributed by atoms with E-state index in [-0.39, 0.29) is 11.4 Å². The number of alkyl halides is 2. The molecule has 0 spiro atoms. The summed E-state index contributed by atoms with van der Waals surface area (Å²) in [6.07, 6.45) is 2.42. The van der Waals surface area contributed by atoms with E-state index < -0.39 is 18.3 Å². The number of para-hydroxylation sites is 2. The van der Waals surface area contributed by atoms with E-state index in [2.05, 4.69) is 10.1 Å². The van der Waals surface area contributed by atoms with Crippen LogP contribution in [0, 0.1) is 5.82 Å². The van der Waals surface area contributed by atoms with E-state index in [1.54, 1.807) is 12.1 Å². The van der Waals surface area contributed by atoms with Crippen molar-refractivity contribution in [3.63, 3.8) is 0 Å². The highest BCUT2D eigenvalue weighted by Gasteiger charge is 2.08. The topological polar surface area (TPSA) is 38.3 Å². The molecule has 2 aromatic carbocycles. The third-order valence-electron chi connectivity index (χ3n) is 2.68. The monoisotopic (exact) mass is 307 g/mol. The minimum atomic E-state index is -2.96. The molecule has 0 unspecified atom stereocenters. The standard InChI is InChI=1S/C16H12F3NO2/c17-12-6-2-3-7-13(12)20-15(21)10-9-11-5-1-4-8-14(11)22-16(18)19/h1-10,16H,(H,20,21)/b10-9+. The van der Waals surface area contributed by atoms with Gasteiger partial charge < -0.3 is 10.1 Å². The second-order valence-corrected chi connectivity index (χ2v) is 4.22. The Morgan fingerprint density at radius 2 is 1.77 bits per heavy atom. The normalized spacial score (nSPS) is 10.9. The molecule has 0 aliphatic rings. The summed E-state index contributed by atoms with van der Waals surface area (Å²) in [6, 6.07) is 11.7. The van der Waals surface area contributed by atoms with E-state index in [4.69, 9.17) is 0 Å². The Kier molecular flexibility index (Phi) is 5.19. The van der Waals surface area contributed by atoms with Gasteiger partial charge in [0.25, 0.3) is 0 Å². The Morgan fingerprint density at radius 3 is 2.50 bits per heavy atom. The number of rotatable bonds is 5. The molecule has 0 saturated heterocycles. The Bertz CT molecular complexity index is 687. The lowest BCUT2D eigenvalue weighted by Crippen LogP contribution is -2.09. The first-order chi connectivity index (χ1) is 10.6. The van der Waals surface area contributed by atoms with Crippen molar-refractivity contribution < 1.29 is 22.7 Å². The van der Waals surface area contributed by atoms with Gasteiger partial charge in [0, 0.05) is 11.6 Å². The second kappa shape index (κ2) is 7.31. The van der Waals surface area contributed by atoms with Gasteiger partial charge >= 0.3 is 6.61 Å². The van der Waals surface area contributed by atoms with Gasteiger partial charge in [-0.1, -0.05) is 30.3 Å². The van der Waals surface area contributed by atoms with Crippen molar-refractivity contribution >= 4 is 17.7 Å². The molecule has 0 aromatic heterocycles. The zero-order valence-electron chi connectivity index (χ0n) is 11.3. The number of anilines is 1. The molecule has 0 heterocycles. The van der Waals surface area contributed by atoms with E-state index in [9.17, 15) is 18.0 Å². The van der Waals surface area contributed by atoms with Gasteiger partial charge in [0.2, 0.25) is 5.91 Å². The molecule has 22 heavy (non-hydrogen) atoms. The van der Waals surface area contributed by atoms with Gasteiger partial charge in [0.1, 0.15) is 11.6 Å². The summed E-state index contributed by atoms with van der Waals surface area (Å²) in [7, 11) is 0. The number of ether oxygens (including phenoxy) is 1. The summed E-state index contributed by atoms with van der Waals surface area (Å²) >= 11 is 0. The predicted molar refractivity (Wildman–Crippen MR) is 77.1 cm³/mol. The molecule has 0 bridgehead atoms. The number of amides is 1. The number of halogens is 3. The molecule has 0 atom stereocenters. The second-order valence-electron chi connectivity index (χ2n) is 4.22. The Balaban J connectivity index is 2.09. The van der Waals surface area contributed by atoms with Crippen LogP contribution in [0.5, 0.6) is 5.75 Å². The van der Waals surface area contributed by atoms with Crippen molar-refractivity contribution in [2.75, 3.05) is 5.32 Å². The zero-order valence-corrected chi connectivity index (χ0v) is 11.3. The molecular weight excluding hydrogens is 295 g/mol. The van der Waals surface area contributed by atoms with Crippen LogP contribution in [0.25, 0.3) is 6.08 Å². The minimum Gasteiger partial charge on any atom is -0.434 e. The molecule has 2 aromatic rings. The van der Waals surface area contributed by atoms with Crippen LogP contribution in [0.4, 0.5) is 18.9 Å². The van der Waals surface area contributed by atoms with Crippen molar-refractivity contribution in [1.29, 1.82) is 0 Å². The maximum atomic E-state index is 13.4. The molecule has 3 nitrogen and oxygen atoms in total. The average Bonchev–Trinajstić information content (AvgIpc) is 2.48. The molecule has 0 aliphatic heterocycles. The van der Waals surface area contributed by atoms with E-state index in [0.717, 1.165) is 6.08 Å². The molecule has 2 rings (SSSR count). The van der Waals surface area contributed by atoms with Crippen molar-refractivity contribution in [1.82, 2.24) is 0 Å². The summed E-state index contributed by atoms with van der Waals surface area (Å²) in [5, 5.41) is 2.35. The lowest BCUT2D eigenvalue weighted by molar-refractivity contribution is -0.111. The minimum absolute atomic E-state index is 0.0364. The number of carbonyl (C=O) groups is 1. The van der Waals surface area contributed by atoms with Crippen LogP contribution in [-0.2, 0) is 4.79 Å². The summed E-state index contributed by atoms with van der Waals surface area (Å²) < 4.78 is 42.2. The first kappa shape index (κ1) is 15.6. The highest BCUT2D eigenvalue weighted by Crippen LogP contribution is 2.21. The van der Waals surface area contributed by atoms with E-state index in [1.165, 1.54) is 42.5 Å². The molecule has 0 aliphatic carbocycles. The summed E-state index contributed by atoms with van der Waals surface area (Å²) in [5.41, 5.74) is 0.348. The van der Waals surface area contributed by atoms with Crippen molar-refractivity contribution in [2.45, 2.75) is 6.61 Å². The van der Waals surface area contributed by atoms with E-state index >= 15 is 0 Å². The van der Waals surface area contributed by atoms with Crippen LogP contribution in [-0.4, -0.2) is 12.5 Å². The summed E-state index contributed by atoms with van der Waals surface area (Å²) in [5.74, 6) is -1.20. The number of benzene rings is 2. The van der Waals surface area contributed by atoms with Crippen molar-refractivity contribution in [3.8, 4) is 5.75 Å². The lowest BCUT2D eigenvalue weighted by Gasteiger charge is -2.07. The van der Waals surface area contributed by atoms with Crippen LogP contribution in [0.3, 0.4) is 0 Å². The fraction of sp³-hybridized carbons (Fsp3) is 0.0625. The van der Waals surface area contributed by atoms with Crippen LogP contribution in [0.1, 0.15) is 5.56 Å². The van der Waals surface area contributed by atoms with Crippen LogP contribution >= 0.6 is 0 Å². The van der Waals surface area contributed by atoms with E-state index in [0.29, 0.717) is 5.56 Å². The zero-order chi connectivity index (χ0) is 15.9. The molecule has 0 radical (unpaired) electrons. The maximum Gasteiger partial charge on any atom is 0.387 e. The molecule has 114 valence electrons. The van der Waals surface area contributed by atoms with Gasteiger partial charge in [-0.15, -0.1) is 0 Å². The van der Waals surface area contributed by atoms with E-state index in [1.807, 2.05) is 0 Å². The van der Waals surface area contributed by atoms with Gasteiger partial charge in [-0.05, 0) is 24.3 Å². The summed E-state index contributed by atoms with van der Waals surface area (Å²) in [6.45, 7) is -2.96. The molecule has 0 saturated carbocycles. The van der Waals surface area contributed by atoms with Gasteiger partial charge in [0.05, 0.1) is 5.69 Å². The maximum absolute atomic E-state index is 13.4. The molecule has 1 amide bonds. The van der Waals surface area contributed by atoms with Crippen molar-refractivity contribution in [2.24, 2.45) is 0 Å². The van der Waals surface area contributed by atoms with Gasteiger partial charge in [-0.25, -0.2) is 4.39 Å². The number of nitrogens with one attached hydrogen (secondary N) is 1. The fourth-order valence-corrected chi connectivity index (χ4v) is 1.72. The van der Waals surface area contributed by atoms with Crippen molar-refractivity contribution in [3.05, 3.63) is 66.0 Å². The Labute approximate surface area is 125 Å². The first-order valence-electron chi connectivity index (χ1n) is 6.33. The predicted octanol–water partition coefficient (Wildman–Crippen LogP) is 4.08. The number of hydrogen-bond acceptors (Lipinski definition) is 2. The Morgan fingerprint density at radius 1 is 1.09 bits per heavy atom. The largest absolute Gasteiger partial charge is 0.434 e. The number of hydrogen-bond donors (Lipinski definition) is 1. The quantitative estimate of drug-likeness (QED) is 0.845. The highest BCUT2D eigenvalue weighted by molar-refractivity contribution is 6.02. The molecule has 0 fully saturated rings. The third kappa shape index (κ3) is 4.37. The van der Waals surface area contributed by atoms with Gasteiger partial charge in [0.15, 0.2) is 0 Å². The fourth-order valence-electron chi connectivity index (χ4n) is 1.72. The lowest BCUT2D eigenvalue weighted by atomic mass is 10.2. The molecule has 6 heteroatoms. The van der Waals surface area contributed by atoms with Crippen LogP contribution in [0.2, 0.25) is 0 Å². The highest BCUT2D eigenvalue weighted by atomic mass is 19.3. The van der Waals surface area contributed by atoms with Gasteiger partial charge in [-0.3, -0.25) is 4.79 Å².